The summed E-state index contributed by atoms with van der Waals surface area (Å²) in [5.41, 5.74) is 2.57. The molecule has 0 radical (unpaired) electrons. The Morgan fingerprint density at radius 2 is 1.88 bits per heavy atom. The van der Waals surface area contributed by atoms with Crippen molar-refractivity contribution in [3.63, 3.8) is 0 Å². The highest BCUT2D eigenvalue weighted by molar-refractivity contribution is 5.63. The van der Waals surface area contributed by atoms with Crippen molar-refractivity contribution in [2.24, 2.45) is 0 Å². The second kappa shape index (κ2) is 7.60. The van der Waals surface area contributed by atoms with Gasteiger partial charge < -0.3 is 9.26 Å². The molecule has 3 rings (SSSR count). The highest BCUT2D eigenvalue weighted by atomic mass is 16.5. The van der Waals surface area contributed by atoms with Gasteiger partial charge in [0.2, 0.25) is 11.7 Å². The fourth-order valence-corrected chi connectivity index (χ4v) is 2.54. The highest BCUT2D eigenvalue weighted by Crippen LogP contribution is 2.27. The van der Waals surface area contributed by atoms with Crippen molar-refractivity contribution in [1.29, 1.82) is 5.26 Å². The largest absolute Gasteiger partial charge is 0.496 e. The molecular weight excluding hydrogens is 316 g/mol. The van der Waals surface area contributed by atoms with Crippen LogP contribution in [0.4, 0.5) is 0 Å². The predicted octanol–water partition coefficient (Wildman–Crippen LogP) is 3.25. The van der Waals surface area contributed by atoms with Gasteiger partial charge in [-0.3, -0.25) is 4.90 Å². The first-order chi connectivity index (χ1) is 12.2. The first kappa shape index (κ1) is 16.7. The molecule has 3 aromatic rings. The quantitative estimate of drug-likeness (QED) is 0.689. The van der Waals surface area contributed by atoms with Crippen LogP contribution in [0.5, 0.6) is 5.75 Å². The maximum absolute atomic E-state index is 8.84. The number of rotatable bonds is 6. The standard InChI is InChI=1S/C19H18N4O2/c1-23(12-15-9-7-14(11-20)8-10-15)13-18-21-19(22-25-18)16-5-3-4-6-17(16)24-2/h3-10H,12-13H2,1-2H3. The molecule has 0 aliphatic carbocycles. The van der Waals surface area contributed by atoms with E-state index in [9.17, 15) is 0 Å². The van der Waals surface area contributed by atoms with Gasteiger partial charge in [0.05, 0.1) is 30.9 Å². The Hall–Kier alpha value is -3.17. The molecule has 0 fully saturated rings. The predicted molar refractivity (Wildman–Crippen MR) is 92.6 cm³/mol. The van der Waals surface area contributed by atoms with Crippen LogP contribution in [-0.4, -0.2) is 29.2 Å². The molecule has 0 aliphatic heterocycles. The third-order valence-corrected chi connectivity index (χ3v) is 3.76. The van der Waals surface area contributed by atoms with Gasteiger partial charge in [0, 0.05) is 6.54 Å². The first-order valence-electron chi connectivity index (χ1n) is 7.83. The molecule has 6 heteroatoms. The van der Waals surface area contributed by atoms with E-state index in [2.05, 4.69) is 21.1 Å². The normalized spacial score (nSPS) is 10.6. The van der Waals surface area contributed by atoms with E-state index in [-0.39, 0.29) is 0 Å². The Morgan fingerprint density at radius 3 is 2.60 bits per heavy atom. The first-order valence-corrected chi connectivity index (χ1v) is 7.83. The van der Waals surface area contributed by atoms with E-state index in [4.69, 9.17) is 14.5 Å². The molecule has 1 heterocycles. The summed E-state index contributed by atoms with van der Waals surface area (Å²) in [6, 6.07) is 17.2. The summed E-state index contributed by atoms with van der Waals surface area (Å²) in [5, 5.41) is 12.9. The van der Waals surface area contributed by atoms with Gasteiger partial charge in [0.25, 0.3) is 0 Å². The van der Waals surface area contributed by atoms with Crippen molar-refractivity contribution >= 4 is 0 Å². The average Bonchev–Trinajstić information content (AvgIpc) is 3.10. The van der Waals surface area contributed by atoms with Crippen molar-refractivity contribution in [1.82, 2.24) is 15.0 Å². The van der Waals surface area contributed by atoms with Crippen molar-refractivity contribution < 1.29 is 9.26 Å². The van der Waals surface area contributed by atoms with Crippen molar-refractivity contribution in [3.05, 3.63) is 65.5 Å². The zero-order valence-corrected chi connectivity index (χ0v) is 14.1. The number of aromatic nitrogens is 2. The van der Waals surface area contributed by atoms with Crippen LogP contribution >= 0.6 is 0 Å². The minimum Gasteiger partial charge on any atom is -0.496 e. The molecule has 0 amide bonds. The van der Waals surface area contributed by atoms with Gasteiger partial charge in [-0.25, -0.2) is 0 Å². The SMILES string of the molecule is COc1ccccc1-c1noc(CN(C)Cc2ccc(C#N)cc2)n1. The highest BCUT2D eigenvalue weighted by Gasteiger charge is 2.14. The third-order valence-electron chi connectivity index (χ3n) is 3.76. The maximum atomic E-state index is 8.84. The number of nitriles is 1. The van der Waals surface area contributed by atoms with E-state index in [0.29, 0.717) is 29.6 Å². The Balaban J connectivity index is 1.67. The molecule has 0 atom stereocenters. The Kier molecular flexibility index (Phi) is 5.07. The summed E-state index contributed by atoms with van der Waals surface area (Å²) in [5.74, 6) is 1.76. The average molecular weight is 334 g/mol. The zero-order chi connectivity index (χ0) is 17.6. The fourth-order valence-electron chi connectivity index (χ4n) is 2.54. The minimum absolute atomic E-state index is 0.513. The fraction of sp³-hybridized carbons (Fsp3) is 0.211. The van der Waals surface area contributed by atoms with E-state index in [1.54, 1.807) is 7.11 Å². The molecule has 6 nitrogen and oxygen atoms in total. The number of hydrogen-bond acceptors (Lipinski definition) is 6. The molecule has 0 aliphatic rings. The van der Waals surface area contributed by atoms with Gasteiger partial charge >= 0.3 is 0 Å². The monoisotopic (exact) mass is 334 g/mol. The molecule has 1 aromatic heterocycles. The number of methoxy groups -OCH3 is 1. The molecule has 25 heavy (non-hydrogen) atoms. The number of para-hydroxylation sites is 1. The van der Waals surface area contributed by atoms with E-state index < -0.39 is 0 Å². The van der Waals surface area contributed by atoms with E-state index >= 15 is 0 Å². The summed E-state index contributed by atoms with van der Waals surface area (Å²) in [4.78, 5) is 6.53. The van der Waals surface area contributed by atoms with Gasteiger partial charge in [-0.05, 0) is 36.9 Å². The molecule has 0 saturated heterocycles. The van der Waals surface area contributed by atoms with Crippen LogP contribution in [0.2, 0.25) is 0 Å². The lowest BCUT2D eigenvalue weighted by Crippen LogP contribution is -2.17. The molecule has 0 saturated carbocycles. The van der Waals surface area contributed by atoms with Crippen LogP contribution in [0.1, 0.15) is 17.0 Å². The van der Waals surface area contributed by atoms with Gasteiger partial charge in [0.15, 0.2) is 0 Å². The number of benzene rings is 2. The lowest BCUT2D eigenvalue weighted by molar-refractivity contribution is 0.261. The summed E-state index contributed by atoms with van der Waals surface area (Å²) < 4.78 is 10.7. The second-order valence-corrected chi connectivity index (χ2v) is 5.69. The maximum Gasteiger partial charge on any atom is 0.241 e. The summed E-state index contributed by atoms with van der Waals surface area (Å²) in [6.45, 7) is 1.25. The summed E-state index contributed by atoms with van der Waals surface area (Å²) in [7, 11) is 3.59. The van der Waals surface area contributed by atoms with Crippen molar-refractivity contribution in [2.45, 2.75) is 13.1 Å². The lowest BCUT2D eigenvalue weighted by Gasteiger charge is -2.14. The molecule has 0 bridgehead atoms. The van der Waals surface area contributed by atoms with Crippen LogP contribution < -0.4 is 4.74 Å². The number of ether oxygens (including phenoxy) is 1. The van der Waals surface area contributed by atoms with Gasteiger partial charge in [-0.1, -0.05) is 29.4 Å². The molecule has 2 aromatic carbocycles. The van der Waals surface area contributed by atoms with E-state index in [1.165, 1.54) is 0 Å². The Morgan fingerprint density at radius 1 is 1.12 bits per heavy atom. The van der Waals surface area contributed by atoms with Gasteiger partial charge in [-0.2, -0.15) is 10.2 Å². The van der Waals surface area contributed by atoms with Crippen LogP contribution in [0.3, 0.4) is 0 Å². The molecule has 0 unspecified atom stereocenters. The number of nitrogens with zero attached hydrogens (tertiary/aromatic N) is 4. The molecule has 0 N–H and O–H groups in total. The lowest BCUT2D eigenvalue weighted by atomic mass is 10.1. The summed E-state index contributed by atoms with van der Waals surface area (Å²) in [6.07, 6.45) is 0. The smallest absolute Gasteiger partial charge is 0.241 e. The third kappa shape index (κ3) is 4.03. The van der Waals surface area contributed by atoms with E-state index in [0.717, 1.165) is 17.7 Å². The molecule has 126 valence electrons. The van der Waals surface area contributed by atoms with Gasteiger partial charge in [0.1, 0.15) is 5.75 Å². The van der Waals surface area contributed by atoms with E-state index in [1.807, 2.05) is 55.6 Å². The van der Waals surface area contributed by atoms with Crippen molar-refractivity contribution in [3.8, 4) is 23.2 Å². The van der Waals surface area contributed by atoms with Crippen LogP contribution in [-0.2, 0) is 13.1 Å². The summed E-state index contributed by atoms with van der Waals surface area (Å²) >= 11 is 0. The Labute approximate surface area is 146 Å². The van der Waals surface area contributed by atoms with Crippen LogP contribution in [0.25, 0.3) is 11.4 Å². The Bertz CT molecular complexity index is 881. The topological polar surface area (TPSA) is 75.2 Å². The zero-order valence-electron chi connectivity index (χ0n) is 14.1. The molecular formula is C19H18N4O2. The van der Waals surface area contributed by atoms with Crippen LogP contribution in [0, 0.1) is 11.3 Å². The van der Waals surface area contributed by atoms with Crippen LogP contribution in [0.15, 0.2) is 53.1 Å². The molecule has 0 spiro atoms. The van der Waals surface area contributed by atoms with Crippen molar-refractivity contribution in [2.75, 3.05) is 14.2 Å². The number of hydrogen-bond donors (Lipinski definition) is 0. The van der Waals surface area contributed by atoms with Gasteiger partial charge in [-0.15, -0.1) is 0 Å². The second-order valence-electron chi connectivity index (χ2n) is 5.69. The minimum atomic E-state index is 0.513.